The first-order chi connectivity index (χ1) is 9.91. The molecule has 0 radical (unpaired) electrons. The molecule has 5 heteroatoms. The van der Waals surface area contributed by atoms with E-state index in [1.165, 1.54) is 0 Å². The summed E-state index contributed by atoms with van der Waals surface area (Å²) in [5.74, 6) is 0. The van der Waals surface area contributed by atoms with Crippen LogP contribution in [0.15, 0.2) is 17.0 Å². The number of benzene rings is 1. The highest BCUT2D eigenvalue weighted by Crippen LogP contribution is 2.32. The number of nitrogens with one attached hydrogen (secondary N) is 1. The Morgan fingerprint density at radius 1 is 1.24 bits per heavy atom. The topological polar surface area (TPSA) is 49.4 Å². The van der Waals surface area contributed by atoms with Crippen LogP contribution in [-0.2, 0) is 10.0 Å². The van der Waals surface area contributed by atoms with Crippen molar-refractivity contribution in [3.05, 3.63) is 23.3 Å². The lowest BCUT2D eigenvalue weighted by atomic mass is 10.1. The van der Waals surface area contributed by atoms with Crippen molar-refractivity contribution in [2.45, 2.75) is 57.9 Å². The van der Waals surface area contributed by atoms with Gasteiger partial charge in [0.1, 0.15) is 0 Å². The zero-order valence-electron chi connectivity index (χ0n) is 13.4. The summed E-state index contributed by atoms with van der Waals surface area (Å²) in [6.45, 7) is 9.34. The van der Waals surface area contributed by atoms with Crippen molar-refractivity contribution in [3.8, 4) is 0 Å². The van der Waals surface area contributed by atoms with Crippen LogP contribution in [-0.4, -0.2) is 31.9 Å². The molecule has 0 aliphatic carbocycles. The van der Waals surface area contributed by atoms with Crippen molar-refractivity contribution in [1.29, 1.82) is 0 Å². The number of nitrogens with zero attached hydrogens (tertiary/aromatic N) is 1. The molecule has 1 saturated heterocycles. The minimum Gasteiger partial charge on any atom is -0.385 e. The molecule has 1 aromatic carbocycles. The second kappa shape index (κ2) is 6.36. The van der Waals surface area contributed by atoms with E-state index in [-0.39, 0.29) is 6.04 Å². The molecule has 0 saturated carbocycles. The Morgan fingerprint density at radius 3 is 2.38 bits per heavy atom. The van der Waals surface area contributed by atoms with E-state index in [1.807, 2.05) is 32.9 Å². The van der Waals surface area contributed by atoms with Gasteiger partial charge >= 0.3 is 0 Å². The molecule has 1 N–H and O–H groups in total. The summed E-state index contributed by atoms with van der Waals surface area (Å²) in [5.41, 5.74) is 2.64. The van der Waals surface area contributed by atoms with Crippen molar-refractivity contribution in [2.24, 2.45) is 0 Å². The molecule has 118 valence electrons. The quantitative estimate of drug-likeness (QED) is 0.908. The van der Waals surface area contributed by atoms with Crippen molar-refractivity contribution < 1.29 is 8.42 Å². The third kappa shape index (κ3) is 3.09. The molecule has 0 aromatic heterocycles. The molecule has 1 heterocycles. The molecule has 21 heavy (non-hydrogen) atoms. The van der Waals surface area contributed by atoms with Gasteiger partial charge in [-0.3, -0.25) is 0 Å². The number of hydrogen-bond donors (Lipinski definition) is 1. The normalized spacial score (nSPS) is 19.9. The van der Waals surface area contributed by atoms with E-state index in [9.17, 15) is 8.42 Å². The standard InChI is InChI=1S/C16H26N2O2S/c1-5-15-8-7-9-18(15)21(19,20)16-12(3)10-14(17-6-2)11-13(16)4/h10-11,15,17H,5-9H2,1-4H3. The molecule has 1 unspecified atom stereocenters. The largest absolute Gasteiger partial charge is 0.385 e. The molecule has 1 aliphatic heterocycles. The summed E-state index contributed by atoms with van der Waals surface area (Å²) in [7, 11) is -3.39. The molecule has 0 amide bonds. The van der Waals surface area contributed by atoms with E-state index in [0.717, 1.165) is 42.6 Å². The first kappa shape index (κ1) is 16.3. The molecular weight excluding hydrogens is 284 g/mol. The van der Waals surface area contributed by atoms with Crippen LogP contribution in [0.3, 0.4) is 0 Å². The Bertz CT molecular complexity index is 588. The van der Waals surface area contributed by atoms with Crippen LogP contribution >= 0.6 is 0 Å². The van der Waals surface area contributed by atoms with Gasteiger partial charge in [0.15, 0.2) is 0 Å². The average molecular weight is 310 g/mol. The van der Waals surface area contributed by atoms with Crippen LogP contribution in [0, 0.1) is 13.8 Å². The maximum absolute atomic E-state index is 13.0. The van der Waals surface area contributed by atoms with Gasteiger partial charge in [0.05, 0.1) is 4.90 Å². The van der Waals surface area contributed by atoms with Gasteiger partial charge in [-0.15, -0.1) is 0 Å². The smallest absolute Gasteiger partial charge is 0.243 e. The first-order valence-electron chi connectivity index (χ1n) is 7.78. The molecule has 1 fully saturated rings. The molecule has 2 rings (SSSR count). The molecule has 1 atom stereocenters. The van der Waals surface area contributed by atoms with Crippen LogP contribution in [0.2, 0.25) is 0 Å². The van der Waals surface area contributed by atoms with Gasteiger partial charge in [-0.05, 0) is 63.3 Å². The second-order valence-corrected chi connectivity index (χ2v) is 7.62. The Balaban J connectivity index is 2.45. The van der Waals surface area contributed by atoms with Gasteiger partial charge in [0, 0.05) is 24.8 Å². The number of aryl methyl sites for hydroxylation is 2. The Kier molecular flexibility index (Phi) is 4.94. The zero-order valence-corrected chi connectivity index (χ0v) is 14.3. The fourth-order valence-corrected chi connectivity index (χ4v) is 5.50. The van der Waals surface area contributed by atoms with Crippen molar-refractivity contribution in [3.63, 3.8) is 0 Å². The summed E-state index contributed by atoms with van der Waals surface area (Å²) in [4.78, 5) is 0.490. The van der Waals surface area contributed by atoms with E-state index >= 15 is 0 Å². The lowest BCUT2D eigenvalue weighted by molar-refractivity contribution is 0.379. The van der Waals surface area contributed by atoms with Crippen molar-refractivity contribution in [1.82, 2.24) is 4.31 Å². The lowest BCUT2D eigenvalue weighted by Crippen LogP contribution is -2.35. The number of hydrogen-bond acceptors (Lipinski definition) is 3. The average Bonchev–Trinajstić information content (AvgIpc) is 2.86. The minimum atomic E-state index is -3.39. The van der Waals surface area contributed by atoms with E-state index in [0.29, 0.717) is 11.4 Å². The van der Waals surface area contributed by atoms with Gasteiger partial charge in [-0.1, -0.05) is 6.92 Å². The summed E-state index contributed by atoms with van der Waals surface area (Å²) < 4.78 is 27.7. The van der Waals surface area contributed by atoms with Crippen molar-refractivity contribution >= 4 is 15.7 Å². The first-order valence-corrected chi connectivity index (χ1v) is 9.22. The maximum atomic E-state index is 13.0. The van der Waals surface area contributed by atoms with E-state index in [2.05, 4.69) is 12.2 Å². The summed E-state index contributed by atoms with van der Waals surface area (Å²) in [6, 6.07) is 4.02. The monoisotopic (exact) mass is 310 g/mol. The van der Waals surface area contributed by atoms with Gasteiger partial charge < -0.3 is 5.32 Å². The van der Waals surface area contributed by atoms with Crippen LogP contribution in [0.1, 0.15) is 44.2 Å². The molecule has 0 spiro atoms. The molecular formula is C16H26N2O2S. The molecule has 1 aromatic rings. The van der Waals surface area contributed by atoms with Crippen LogP contribution in [0.25, 0.3) is 0 Å². The Morgan fingerprint density at radius 2 is 1.86 bits per heavy atom. The Hall–Kier alpha value is -1.07. The van der Waals surface area contributed by atoms with Crippen LogP contribution < -0.4 is 5.32 Å². The highest BCUT2D eigenvalue weighted by Gasteiger charge is 2.35. The summed E-state index contributed by atoms with van der Waals surface area (Å²) in [6.07, 6.45) is 2.82. The third-order valence-corrected chi connectivity index (χ3v) is 6.46. The van der Waals surface area contributed by atoms with Gasteiger partial charge in [0.2, 0.25) is 10.0 Å². The fraction of sp³-hybridized carbons (Fsp3) is 0.625. The summed E-state index contributed by atoms with van der Waals surface area (Å²) in [5, 5.41) is 3.25. The fourth-order valence-electron chi connectivity index (χ4n) is 3.31. The minimum absolute atomic E-state index is 0.155. The maximum Gasteiger partial charge on any atom is 0.243 e. The highest BCUT2D eigenvalue weighted by molar-refractivity contribution is 7.89. The second-order valence-electron chi connectivity index (χ2n) is 5.79. The molecule has 4 nitrogen and oxygen atoms in total. The van der Waals surface area contributed by atoms with Gasteiger partial charge in [0.25, 0.3) is 0 Å². The van der Waals surface area contributed by atoms with Gasteiger partial charge in [-0.2, -0.15) is 4.31 Å². The predicted molar refractivity (Wildman–Crippen MR) is 87.3 cm³/mol. The molecule has 0 bridgehead atoms. The predicted octanol–water partition coefficient (Wildman–Crippen LogP) is 3.30. The van der Waals surface area contributed by atoms with Crippen molar-refractivity contribution in [2.75, 3.05) is 18.4 Å². The summed E-state index contributed by atoms with van der Waals surface area (Å²) >= 11 is 0. The van der Waals surface area contributed by atoms with E-state index in [4.69, 9.17) is 0 Å². The number of rotatable bonds is 5. The van der Waals surface area contributed by atoms with Gasteiger partial charge in [-0.25, -0.2) is 8.42 Å². The van der Waals surface area contributed by atoms with E-state index in [1.54, 1.807) is 4.31 Å². The van der Waals surface area contributed by atoms with Crippen LogP contribution in [0.5, 0.6) is 0 Å². The number of sulfonamides is 1. The highest BCUT2D eigenvalue weighted by atomic mass is 32.2. The molecule has 1 aliphatic rings. The third-order valence-electron chi connectivity index (χ3n) is 4.20. The lowest BCUT2D eigenvalue weighted by Gasteiger charge is -2.25. The zero-order chi connectivity index (χ0) is 15.6. The number of anilines is 1. The Labute approximate surface area is 128 Å². The SMILES string of the molecule is CCNc1cc(C)c(S(=O)(=O)N2CCCC2CC)c(C)c1. The van der Waals surface area contributed by atoms with E-state index < -0.39 is 10.0 Å². The van der Waals surface area contributed by atoms with Crippen LogP contribution in [0.4, 0.5) is 5.69 Å².